The van der Waals surface area contributed by atoms with Gasteiger partial charge in [0.05, 0.1) is 16.7 Å². The Kier molecular flexibility index (Phi) is 8.53. The molecule has 0 atom stereocenters. The summed E-state index contributed by atoms with van der Waals surface area (Å²) in [7, 11) is 0. The molecule has 0 aliphatic heterocycles. The Morgan fingerprint density at radius 1 is 0.290 bits per heavy atom. The standard InChI is InChI=1S/C60H40N2/c1-3-13-43(14-4-1)52-23-11-17-46-25-26-47(39-57(46)52)41-27-33-50(34-28-41)61(58-24-12-18-44-15-7-9-21-53(44)58)51-35-29-42(30-36-51)48-32-37-55-56-38-31-45-16-8-10-22-54(45)60(56)62(59(55)40-48)49-19-5-2-6-20-49/h1-40H. The van der Waals surface area contributed by atoms with E-state index in [4.69, 9.17) is 0 Å². The number of fused-ring (bicyclic) bond motifs is 7. The van der Waals surface area contributed by atoms with Crippen LogP contribution in [0.1, 0.15) is 0 Å². The van der Waals surface area contributed by atoms with Crippen LogP contribution in [0.2, 0.25) is 0 Å². The molecular weight excluding hydrogens is 749 g/mol. The van der Waals surface area contributed by atoms with E-state index in [1.165, 1.54) is 87.5 Å². The molecule has 0 fully saturated rings. The Morgan fingerprint density at radius 2 is 0.806 bits per heavy atom. The molecule has 0 radical (unpaired) electrons. The number of hydrogen-bond donors (Lipinski definition) is 0. The lowest BCUT2D eigenvalue weighted by atomic mass is 9.95. The molecule has 12 aromatic rings. The van der Waals surface area contributed by atoms with Gasteiger partial charge in [0.15, 0.2) is 0 Å². The van der Waals surface area contributed by atoms with Crippen LogP contribution in [0, 0.1) is 0 Å². The first kappa shape index (κ1) is 35.7. The molecule has 11 aromatic carbocycles. The number of para-hydroxylation sites is 1. The Hall–Kier alpha value is -8.20. The summed E-state index contributed by atoms with van der Waals surface area (Å²) in [5, 5.41) is 9.93. The van der Waals surface area contributed by atoms with Crippen molar-refractivity contribution in [1.29, 1.82) is 0 Å². The average Bonchev–Trinajstić information content (AvgIpc) is 3.69. The molecule has 0 spiro atoms. The van der Waals surface area contributed by atoms with E-state index in [-0.39, 0.29) is 0 Å². The summed E-state index contributed by atoms with van der Waals surface area (Å²) in [5.74, 6) is 0. The van der Waals surface area contributed by atoms with E-state index in [2.05, 4.69) is 252 Å². The topological polar surface area (TPSA) is 8.17 Å². The van der Waals surface area contributed by atoms with Gasteiger partial charge in [-0.3, -0.25) is 0 Å². The van der Waals surface area contributed by atoms with Gasteiger partial charge in [-0.05, 0) is 110 Å². The zero-order chi connectivity index (χ0) is 41.0. The number of rotatable bonds is 7. The molecule has 0 N–H and O–H groups in total. The minimum absolute atomic E-state index is 1.10. The van der Waals surface area contributed by atoms with E-state index in [0.29, 0.717) is 0 Å². The van der Waals surface area contributed by atoms with Crippen molar-refractivity contribution >= 4 is 71.2 Å². The van der Waals surface area contributed by atoms with Crippen LogP contribution in [-0.4, -0.2) is 4.57 Å². The first-order valence-corrected chi connectivity index (χ1v) is 21.3. The van der Waals surface area contributed by atoms with Crippen LogP contribution in [0.25, 0.3) is 93.2 Å². The van der Waals surface area contributed by atoms with Gasteiger partial charge in [0.1, 0.15) is 0 Å². The quantitative estimate of drug-likeness (QED) is 0.156. The molecule has 0 bridgehead atoms. The number of benzene rings is 11. The maximum absolute atomic E-state index is 2.44. The van der Waals surface area contributed by atoms with E-state index >= 15 is 0 Å². The van der Waals surface area contributed by atoms with Crippen LogP contribution >= 0.6 is 0 Å². The fourth-order valence-electron chi connectivity index (χ4n) is 9.56. The molecule has 0 aliphatic rings. The Bertz CT molecular complexity index is 3600. The molecule has 0 amide bonds. The molecule has 2 nitrogen and oxygen atoms in total. The third-order valence-corrected chi connectivity index (χ3v) is 12.6. The molecule has 0 aliphatic carbocycles. The summed E-state index contributed by atoms with van der Waals surface area (Å²) in [6.45, 7) is 0. The van der Waals surface area contributed by atoms with Crippen molar-refractivity contribution in [3.8, 4) is 39.1 Å². The first-order valence-electron chi connectivity index (χ1n) is 21.3. The lowest BCUT2D eigenvalue weighted by Gasteiger charge is -2.27. The maximum atomic E-state index is 2.44. The highest BCUT2D eigenvalue weighted by Crippen LogP contribution is 2.42. The highest BCUT2D eigenvalue weighted by atomic mass is 15.1. The zero-order valence-corrected chi connectivity index (χ0v) is 34.0. The Morgan fingerprint density at radius 3 is 1.53 bits per heavy atom. The van der Waals surface area contributed by atoms with Gasteiger partial charge in [-0.15, -0.1) is 0 Å². The minimum Gasteiger partial charge on any atom is -0.310 e. The van der Waals surface area contributed by atoms with Gasteiger partial charge in [-0.25, -0.2) is 0 Å². The van der Waals surface area contributed by atoms with Crippen molar-refractivity contribution in [3.63, 3.8) is 0 Å². The first-order chi connectivity index (χ1) is 30.7. The van der Waals surface area contributed by atoms with Gasteiger partial charge in [0, 0.05) is 38.6 Å². The van der Waals surface area contributed by atoms with Crippen LogP contribution in [0.5, 0.6) is 0 Å². The van der Waals surface area contributed by atoms with Gasteiger partial charge in [0.25, 0.3) is 0 Å². The molecule has 1 heterocycles. The van der Waals surface area contributed by atoms with Crippen molar-refractivity contribution in [1.82, 2.24) is 4.57 Å². The SMILES string of the molecule is c1ccc(-c2cccc3ccc(-c4ccc(N(c5ccc(-c6ccc7c8ccc9ccccc9c8n(-c8ccccc8)c7c6)cc5)c5cccc6ccccc56)cc4)cc23)cc1. The molecule has 0 saturated heterocycles. The molecule has 290 valence electrons. The second-order valence-corrected chi connectivity index (χ2v) is 16.1. The Balaban J connectivity index is 0.955. The summed E-state index contributed by atoms with van der Waals surface area (Å²) >= 11 is 0. The van der Waals surface area contributed by atoms with Crippen LogP contribution < -0.4 is 4.90 Å². The summed E-state index contributed by atoms with van der Waals surface area (Å²) in [4.78, 5) is 2.39. The highest BCUT2D eigenvalue weighted by Gasteiger charge is 2.18. The average molecular weight is 789 g/mol. The van der Waals surface area contributed by atoms with E-state index in [1.807, 2.05) is 0 Å². The molecule has 12 rings (SSSR count). The van der Waals surface area contributed by atoms with Gasteiger partial charge in [-0.1, -0.05) is 188 Å². The number of anilines is 3. The molecule has 0 unspecified atom stereocenters. The molecular formula is C60H40N2. The van der Waals surface area contributed by atoms with Gasteiger partial charge in [0.2, 0.25) is 0 Å². The fourth-order valence-corrected chi connectivity index (χ4v) is 9.56. The third-order valence-electron chi connectivity index (χ3n) is 12.6. The predicted molar refractivity (Wildman–Crippen MR) is 264 cm³/mol. The summed E-state index contributed by atoms with van der Waals surface area (Å²) in [6, 6.07) is 88.4. The molecule has 62 heavy (non-hydrogen) atoms. The largest absolute Gasteiger partial charge is 0.310 e. The number of aromatic nitrogens is 1. The summed E-state index contributed by atoms with van der Waals surface area (Å²) < 4.78 is 2.44. The van der Waals surface area contributed by atoms with Crippen molar-refractivity contribution in [2.24, 2.45) is 0 Å². The lowest BCUT2D eigenvalue weighted by Crippen LogP contribution is -2.10. The van der Waals surface area contributed by atoms with E-state index in [9.17, 15) is 0 Å². The molecule has 1 aromatic heterocycles. The van der Waals surface area contributed by atoms with E-state index in [1.54, 1.807) is 0 Å². The second-order valence-electron chi connectivity index (χ2n) is 16.1. The minimum atomic E-state index is 1.10. The van der Waals surface area contributed by atoms with Gasteiger partial charge in [-0.2, -0.15) is 0 Å². The van der Waals surface area contributed by atoms with Crippen molar-refractivity contribution < 1.29 is 0 Å². The lowest BCUT2D eigenvalue weighted by molar-refractivity contribution is 1.19. The van der Waals surface area contributed by atoms with Crippen LogP contribution in [0.4, 0.5) is 17.1 Å². The predicted octanol–water partition coefficient (Wildman–Crippen LogP) is 16.7. The summed E-state index contributed by atoms with van der Waals surface area (Å²) in [5.41, 5.74) is 14.2. The van der Waals surface area contributed by atoms with Crippen molar-refractivity contribution in [3.05, 3.63) is 243 Å². The molecule has 0 saturated carbocycles. The van der Waals surface area contributed by atoms with Crippen molar-refractivity contribution in [2.75, 3.05) is 4.90 Å². The number of hydrogen-bond acceptors (Lipinski definition) is 1. The third kappa shape index (κ3) is 6.04. The van der Waals surface area contributed by atoms with Gasteiger partial charge >= 0.3 is 0 Å². The van der Waals surface area contributed by atoms with Crippen LogP contribution in [0.3, 0.4) is 0 Å². The monoisotopic (exact) mass is 788 g/mol. The molecule has 2 heteroatoms. The normalized spacial score (nSPS) is 11.5. The highest BCUT2D eigenvalue weighted by molar-refractivity contribution is 6.19. The van der Waals surface area contributed by atoms with Gasteiger partial charge < -0.3 is 9.47 Å². The van der Waals surface area contributed by atoms with Crippen LogP contribution in [-0.2, 0) is 0 Å². The maximum Gasteiger partial charge on any atom is 0.0619 e. The second kappa shape index (κ2) is 14.8. The smallest absolute Gasteiger partial charge is 0.0619 e. The summed E-state index contributed by atoms with van der Waals surface area (Å²) in [6.07, 6.45) is 0. The van der Waals surface area contributed by atoms with E-state index in [0.717, 1.165) is 22.7 Å². The van der Waals surface area contributed by atoms with Crippen molar-refractivity contribution in [2.45, 2.75) is 0 Å². The number of nitrogens with zero attached hydrogens (tertiary/aromatic N) is 2. The fraction of sp³-hybridized carbons (Fsp3) is 0. The Labute approximate surface area is 360 Å². The van der Waals surface area contributed by atoms with E-state index < -0.39 is 0 Å². The van der Waals surface area contributed by atoms with Crippen LogP contribution in [0.15, 0.2) is 243 Å². The zero-order valence-electron chi connectivity index (χ0n) is 34.0.